The Balaban J connectivity index is 1.17. The summed E-state index contributed by atoms with van der Waals surface area (Å²) in [5.74, 6) is 0. The monoisotopic (exact) mass is 599 g/mol. The van der Waals surface area contributed by atoms with Crippen LogP contribution in [0.15, 0.2) is 156 Å². The van der Waals surface area contributed by atoms with Crippen LogP contribution in [0.1, 0.15) is 0 Å². The highest BCUT2D eigenvalue weighted by molar-refractivity contribution is 6.18. The molecule has 0 spiro atoms. The van der Waals surface area contributed by atoms with Crippen LogP contribution in [0.4, 0.5) is 5.69 Å². The topological polar surface area (TPSA) is 27.4 Å². The standard InChI is InChI=1S/C43H25N3O/c1-44-37-19-10-18-34-36-25-35-33-17-4-7-22-40(33)46(41(35)26-42(36)47-43(34)37)30-14-9-12-28(24-30)27-11-8-13-29(23-27)45-38-20-5-2-15-31(38)32-16-3-6-21-39(32)45/h2-26H. The van der Waals surface area contributed by atoms with Crippen molar-refractivity contribution in [1.29, 1.82) is 0 Å². The van der Waals surface area contributed by atoms with Crippen LogP contribution >= 0.6 is 0 Å². The average Bonchev–Trinajstić information content (AvgIpc) is 3.78. The van der Waals surface area contributed by atoms with E-state index in [1.807, 2.05) is 18.2 Å². The minimum Gasteiger partial charge on any atom is -0.467 e. The summed E-state index contributed by atoms with van der Waals surface area (Å²) in [6, 6.07) is 53.5. The summed E-state index contributed by atoms with van der Waals surface area (Å²) >= 11 is 0. The molecule has 0 saturated heterocycles. The van der Waals surface area contributed by atoms with Gasteiger partial charge in [0.05, 0.1) is 28.6 Å². The van der Waals surface area contributed by atoms with Gasteiger partial charge in [-0.05, 0) is 59.7 Å². The van der Waals surface area contributed by atoms with Gasteiger partial charge >= 0.3 is 0 Å². The van der Waals surface area contributed by atoms with Gasteiger partial charge in [-0.15, -0.1) is 0 Å². The number of fused-ring (bicyclic) bond motifs is 9. The highest BCUT2D eigenvalue weighted by Crippen LogP contribution is 2.41. The molecule has 3 heterocycles. The molecule has 218 valence electrons. The number of nitrogens with zero attached hydrogens (tertiary/aromatic N) is 3. The number of hydrogen-bond donors (Lipinski definition) is 0. The van der Waals surface area contributed by atoms with E-state index < -0.39 is 0 Å². The molecule has 0 atom stereocenters. The van der Waals surface area contributed by atoms with Crippen LogP contribution in [0.25, 0.3) is 92.9 Å². The van der Waals surface area contributed by atoms with Crippen molar-refractivity contribution in [3.8, 4) is 22.5 Å². The van der Waals surface area contributed by atoms with E-state index in [9.17, 15) is 0 Å². The molecule has 0 radical (unpaired) electrons. The van der Waals surface area contributed by atoms with Gasteiger partial charge in [-0.25, -0.2) is 4.85 Å². The summed E-state index contributed by atoms with van der Waals surface area (Å²) in [5.41, 5.74) is 11.1. The Morgan fingerprint density at radius 2 is 0.936 bits per heavy atom. The molecule has 3 aromatic heterocycles. The zero-order valence-corrected chi connectivity index (χ0v) is 25.2. The molecule has 10 aromatic rings. The Bertz CT molecular complexity index is 2880. The normalized spacial score (nSPS) is 11.8. The van der Waals surface area contributed by atoms with Crippen LogP contribution in [0.2, 0.25) is 0 Å². The van der Waals surface area contributed by atoms with Gasteiger partial charge in [-0.2, -0.15) is 0 Å². The third kappa shape index (κ3) is 3.69. The van der Waals surface area contributed by atoms with E-state index in [4.69, 9.17) is 11.0 Å². The molecule has 0 aliphatic carbocycles. The van der Waals surface area contributed by atoms with Gasteiger partial charge in [0.2, 0.25) is 5.69 Å². The number of hydrogen-bond acceptors (Lipinski definition) is 1. The van der Waals surface area contributed by atoms with Crippen LogP contribution in [-0.4, -0.2) is 9.13 Å². The molecule has 0 amide bonds. The molecular weight excluding hydrogens is 574 g/mol. The molecule has 0 aliphatic heterocycles. The second-order valence-corrected chi connectivity index (χ2v) is 12.1. The molecule has 4 heteroatoms. The van der Waals surface area contributed by atoms with Crippen molar-refractivity contribution in [2.24, 2.45) is 0 Å². The van der Waals surface area contributed by atoms with E-state index in [1.165, 1.54) is 27.2 Å². The lowest BCUT2D eigenvalue weighted by atomic mass is 10.0. The zero-order chi connectivity index (χ0) is 31.1. The van der Waals surface area contributed by atoms with E-state index in [0.717, 1.165) is 55.3 Å². The first-order chi connectivity index (χ1) is 23.3. The van der Waals surface area contributed by atoms with Crippen LogP contribution in [0.3, 0.4) is 0 Å². The lowest BCUT2D eigenvalue weighted by Crippen LogP contribution is -1.96. The average molecular weight is 600 g/mol. The molecule has 0 bridgehead atoms. The van der Waals surface area contributed by atoms with Crippen molar-refractivity contribution in [2.75, 3.05) is 0 Å². The fourth-order valence-corrected chi connectivity index (χ4v) is 7.46. The van der Waals surface area contributed by atoms with Crippen LogP contribution < -0.4 is 0 Å². The summed E-state index contributed by atoms with van der Waals surface area (Å²) in [6.45, 7) is 7.64. The minimum absolute atomic E-state index is 0.534. The lowest BCUT2D eigenvalue weighted by Gasteiger charge is -2.12. The number of aromatic nitrogens is 2. The fourth-order valence-electron chi connectivity index (χ4n) is 7.46. The van der Waals surface area contributed by atoms with Crippen molar-refractivity contribution < 1.29 is 4.42 Å². The van der Waals surface area contributed by atoms with Crippen LogP contribution in [-0.2, 0) is 0 Å². The lowest BCUT2D eigenvalue weighted by molar-refractivity contribution is 0.671. The Labute approximate surface area is 269 Å². The SMILES string of the molecule is [C-]#[N+]c1cccc2c1oc1cc3c(cc12)c1ccccc1n3-c1cccc(-c2cccc(-n3c4ccccc4c4ccccc43)c2)c1. The van der Waals surface area contributed by atoms with Gasteiger partial charge in [-0.1, -0.05) is 97.1 Å². The highest BCUT2D eigenvalue weighted by atomic mass is 16.3. The summed E-state index contributed by atoms with van der Waals surface area (Å²) in [4.78, 5) is 3.71. The molecule has 10 rings (SSSR count). The third-order valence-electron chi connectivity index (χ3n) is 9.51. The first-order valence-electron chi connectivity index (χ1n) is 15.7. The largest absolute Gasteiger partial charge is 0.467 e. The Hall–Kier alpha value is -6.57. The van der Waals surface area contributed by atoms with E-state index in [1.54, 1.807) is 0 Å². The maximum Gasteiger partial charge on any atom is 0.229 e. The van der Waals surface area contributed by atoms with E-state index in [2.05, 4.69) is 147 Å². The van der Waals surface area contributed by atoms with Gasteiger partial charge in [0.1, 0.15) is 11.2 Å². The van der Waals surface area contributed by atoms with Crippen molar-refractivity contribution >= 4 is 71.2 Å². The second-order valence-electron chi connectivity index (χ2n) is 12.1. The first kappa shape index (κ1) is 25.7. The zero-order valence-electron chi connectivity index (χ0n) is 25.2. The fraction of sp³-hybridized carbons (Fsp3) is 0. The predicted molar refractivity (Wildman–Crippen MR) is 194 cm³/mol. The molecular formula is C43H25N3O. The van der Waals surface area contributed by atoms with E-state index >= 15 is 0 Å². The number of furan rings is 1. The number of benzene rings is 7. The number of rotatable bonds is 3. The van der Waals surface area contributed by atoms with Crippen molar-refractivity contribution in [3.05, 3.63) is 163 Å². The molecule has 0 saturated carbocycles. The predicted octanol–water partition coefficient (Wildman–Crippen LogP) is 12.0. The quantitative estimate of drug-likeness (QED) is 0.186. The summed E-state index contributed by atoms with van der Waals surface area (Å²) in [6.07, 6.45) is 0. The number of para-hydroxylation sites is 4. The Morgan fingerprint density at radius 1 is 0.426 bits per heavy atom. The Morgan fingerprint density at radius 3 is 1.53 bits per heavy atom. The molecule has 47 heavy (non-hydrogen) atoms. The maximum atomic E-state index is 7.64. The molecule has 4 nitrogen and oxygen atoms in total. The molecule has 0 N–H and O–H groups in total. The van der Waals surface area contributed by atoms with Gasteiger partial charge in [-0.3, -0.25) is 0 Å². The molecule has 0 aliphatic rings. The maximum absolute atomic E-state index is 7.64. The highest BCUT2D eigenvalue weighted by Gasteiger charge is 2.18. The van der Waals surface area contributed by atoms with Crippen LogP contribution in [0, 0.1) is 6.57 Å². The third-order valence-corrected chi connectivity index (χ3v) is 9.51. The van der Waals surface area contributed by atoms with Gasteiger partial charge in [0.15, 0.2) is 0 Å². The van der Waals surface area contributed by atoms with Gasteiger partial charge in [0.25, 0.3) is 0 Å². The molecule has 7 aromatic carbocycles. The van der Waals surface area contributed by atoms with Gasteiger partial charge < -0.3 is 13.6 Å². The molecule has 0 unspecified atom stereocenters. The summed E-state index contributed by atoms with van der Waals surface area (Å²) < 4.78 is 11.0. The van der Waals surface area contributed by atoms with Crippen LogP contribution in [0.5, 0.6) is 0 Å². The first-order valence-corrected chi connectivity index (χ1v) is 15.7. The van der Waals surface area contributed by atoms with Crippen molar-refractivity contribution in [2.45, 2.75) is 0 Å². The molecule has 0 fully saturated rings. The second kappa shape index (κ2) is 9.71. The van der Waals surface area contributed by atoms with Gasteiger partial charge in [0, 0.05) is 49.8 Å². The Kier molecular flexibility index (Phi) is 5.32. The smallest absolute Gasteiger partial charge is 0.229 e. The summed E-state index contributed by atoms with van der Waals surface area (Å²) in [5, 5.41) is 6.84. The summed E-state index contributed by atoms with van der Waals surface area (Å²) in [7, 11) is 0. The van der Waals surface area contributed by atoms with Crippen molar-refractivity contribution in [1.82, 2.24) is 9.13 Å². The van der Waals surface area contributed by atoms with E-state index in [0.29, 0.717) is 11.3 Å². The van der Waals surface area contributed by atoms with Crippen molar-refractivity contribution in [3.63, 3.8) is 0 Å². The van der Waals surface area contributed by atoms with E-state index in [-0.39, 0.29) is 0 Å². The minimum atomic E-state index is 0.534.